The summed E-state index contributed by atoms with van der Waals surface area (Å²) in [4.78, 5) is 14.9. The summed E-state index contributed by atoms with van der Waals surface area (Å²) in [6.07, 6.45) is 4.13. The molecule has 0 bridgehead atoms. The Balaban J connectivity index is 1.83. The highest BCUT2D eigenvalue weighted by atomic mass is 16.6. The number of hydrogen-bond donors (Lipinski definition) is 0. The molecule has 102 valence electrons. The van der Waals surface area contributed by atoms with Crippen molar-refractivity contribution >= 4 is 11.8 Å². The Morgan fingerprint density at radius 2 is 1.84 bits per heavy atom. The van der Waals surface area contributed by atoms with Crippen LogP contribution in [0.25, 0.3) is 6.08 Å². The van der Waals surface area contributed by atoms with Crippen molar-refractivity contribution in [1.29, 1.82) is 0 Å². The average Bonchev–Trinajstić information content (AvgIpc) is 2.41. The number of non-ortho nitro benzene ring substituents is 1. The zero-order chi connectivity index (χ0) is 13.7. The van der Waals surface area contributed by atoms with Crippen LogP contribution in [0.15, 0.2) is 30.3 Å². The first-order valence-corrected chi connectivity index (χ1v) is 6.47. The lowest BCUT2D eigenvalue weighted by atomic mass is 10.2. The molecule has 1 aromatic carbocycles. The molecule has 0 radical (unpaired) electrons. The molecule has 19 heavy (non-hydrogen) atoms. The van der Waals surface area contributed by atoms with Crippen molar-refractivity contribution < 1.29 is 4.92 Å². The molecule has 0 aliphatic carbocycles. The zero-order valence-electron chi connectivity index (χ0n) is 11.2. The third kappa shape index (κ3) is 4.15. The van der Waals surface area contributed by atoms with E-state index in [2.05, 4.69) is 22.9 Å². The zero-order valence-corrected chi connectivity index (χ0v) is 11.2. The lowest BCUT2D eigenvalue weighted by Crippen LogP contribution is -2.44. The Morgan fingerprint density at radius 3 is 2.42 bits per heavy atom. The highest BCUT2D eigenvalue weighted by Crippen LogP contribution is 2.12. The number of nitro groups is 1. The maximum atomic E-state index is 10.5. The lowest BCUT2D eigenvalue weighted by Gasteiger charge is -2.31. The summed E-state index contributed by atoms with van der Waals surface area (Å²) >= 11 is 0. The number of piperazine rings is 1. The van der Waals surface area contributed by atoms with Gasteiger partial charge in [-0.1, -0.05) is 12.2 Å². The maximum absolute atomic E-state index is 10.5. The van der Waals surface area contributed by atoms with Crippen molar-refractivity contribution in [2.45, 2.75) is 0 Å². The summed E-state index contributed by atoms with van der Waals surface area (Å²) in [6.45, 7) is 5.36. The molecule has 1 aliphatic heterocycles. The number of likely N-dealkylation sites (N-methyl/N-ethyl adjacent to an activating group) is 1. The van der Waals surface area contributed by atoms with Gasteiger partial charge in [-0.3, -0.25) is 15.0 Å². The molecule has 2 rings (SSSR count). The molecular weight excluding hydrogens is 242 g/mol. The van der Waals surface area contributed by atoms with Crippen LogP contribution in [-0.4, -0.2) is 54.5 Å². The van der Waals surface area contributed by atoms with Crippen LogP contribution in [0.4, 0.5) is 5.69 Å². The van der Waals surface area contributed by atoms with Gasteiger partial charge in [-0.2, -0.15) is 0 Å². The van der Waals surface area contributed by atoms with Crippen LogP contribution in [0.1, 0.15) is 5.56 Å². The normalized spacial score (nSPS) is 17.9. The molecule has 0 atom stereocenters. The molecular formula is C14H19N3O2. The summed E-state index contributed by atoms with van der Waals surface area (Å²) < 4.78 is 0. The average molecular weight is 261 g/mol. The first-order chi connectivity index (χ1) is 9.15. The van der Waals surface area contributed by atoms with Gasteiger partial charge in [-0.15, -0.1) is 0 Å². The van der Waals surface area contributed by atoms with Gasteiger partial charge in [0, 0.05) is 44.9 Å². The number of nitrogens with zero attached hydrogens (tertiary/aromatic N) is 3. The van der Waals surface area contributed by atoms with Crippen LogP contribution >= 0.6 is 0 Å². The molecule has 0 amide bonds. The molecule has 0 saturated carbocycles. The standard InChI is InChI=1S/C14H19N3O2/c1-15-9-11-16(12-10-15)8-2-3-13-4-6-14(7-5-13)17(18)19/h2-7H,8-12H2,1H3/b3-2+. The summed E-state index contributed by atoms with van der Waals surface area (Å²) in [5, 5.41) is 10.5. The van der Waals surface area contributed by atoms with E-state index in [0.717, 1.165) is 38.3 Å². The van der Waals surface area contributed by atoms with Crippen LogP contribution in [0, 0.1) is 10.1 Å². The van der Waals surface area contributed by atoms with E-state index in [9.17, 15) is 10.1 Å². The molecule has 5 heteroatoms. The van der Waals surface area contributed by atoms with E-state index < -0.39 is 0 Å². The first kappa shape index (κ1) is 13.7. The van der Waals surface area contributed by atoms with Gasteiger partial charge >= 0.3 is 0 Å². The largest absolute Gasteiger partial charge is 0.304 e. The van der Waals surface area contributed by atoms with Gasteiger partial charge in [0.2, 0.25) is 0 Å². The van der Waals surface area contributed by atoms with Crippen molar-refractivity contribution in [2.75, 3.05) is 39.8 Å². The van der Waals surface area contributed by atoms with E-state index >= 15 is 0 Å². The molecule has 1 heterocycles. The third-order valence-electron chi connectivity index (χ3n) is 3.37. The molecule has 0 N–H and O–H groups in total. The first-order valence-electron chi connectivity index (χ1n) is 6.47. The minimum Gasteiger partial charge on any atom is -0.304 e. The summed E-state index contributed by atoms with van der Waals surface area (Å²) in [5.41, 5.74) is 1.14. The second kappa shape index (κ2) is 6.45. The number of rotatable bonds is 4. The summed E-state index contributed by atoms with van der Waals surface area (Å²) in [6, 6.07) is 6.63. The Morgan fingerprint density at radius 1 is 1.21 bits per heavy atom. The number of benzene rings is 1. The van der Waals surface area contributed by atoms with Crippen LogP contribution < -0.4 is 0 Å². The van der Waals surface area contributed by atoms with E-state index in [0.29, 0.717) is 0 Å². The van der Waals surface area contributed by atoms with Gasteiger partial charge in [0.25, 0.3) is 5.69 Å². The quantitative estimate of drug-likeness (QED) is 0.613. The molecule has 0 aromatic heterocycles. The molecule has 1 aliphatic rings. The third-order valence-corrected chi connectivity index (χ3v) is 3.37. The van der Waals surface area contributed by atoms with Gasteiger partial charge in [0.1, 0.15) is 0 Å². The fourth-order valence-corrected chi connectivity index (χ4v) is 2.08. The van der Waals surface area contributed by atoms with Gasteiger partial charge in [0.05, 0.1) is 4.92 Å². The van der Waals surface area contributed by atoms with E-state index in [1.165, 1.54) is 12.1 Å². The topological polar surface area (TPSA) is 49.6 Å². The smallest absolute Gasteiger partial charge is 0.269 e. The fourth-order valence-electron chi connectivity index (χ4n) is 2.08. The van der Waals surface area contributed by atoms with E-state index in [1.807, 2.05) is 6.08 Å². The monoisotopic (exact) mass is 261 g/mol. The van der Waals surface area contributed by atoms with E-state index in [1.54, 1.807) is 12.1 Å². The highest BCUT2D eigenvalue weighted by Gasteiger charge is 2.11. The fraction of sp³-hybridized carbons (Fsp3) is 0.429. The van der Waals surface area contributed by atoms with Gasteiger partial charge in [-0.25, -0.2) is 0 Å². The van der Waals surface area contributed by atoms with Crippen molar-refractivity contribution in [1.82, 2.24) is 9.80 Å². The second-order valence-electron chi connectivity index (χ2n) is 4.85. The van der Waals surface area contributed by atoms with Crippen LogP contribution in [0.5, 0.6) is 0 Å². The molecule has 1 saturated heterocycles. The van der Waals surface area contributed by atoms with E-state index in [-0.39, 0.29) is 10.6 Å². The van der Waals surface area contributed by atoms with Gasteiger partial charge in [-0.05, 0) is 24.7 Å². The Bertz CT molecular complexity index is 448. The van der Waals surface area contributed by atoms with Gasteiger partial charge in [0.15, 0.2) is 0 Å². The maximum Gasteiger partial charge on any atom is 0.269 e. The predicted octanol–water partition coefficient (Wildman–Crippen LogP) is 1.86. The van der Waals surface area contributed by atoms with Crippen molar-refractivity contribution in [3.63, 3.8) is 0 Å². The Labute approximate surface area is 113 Å². The molecule has 1 aromatic rings. The predicted molar refractivity (Wildman–Crippen MR) is 76.1 cm³/mol. The molecule has 0 spiro atoms. The lowest BCUT2D eigenvalue weighted by molar-refractivity contribution is -0.384. The minimum atomic E-state index is -0.377. The number of hydrogen-bond acceptors (Lipinski definition) is 4. The van der Waals surface area contributed by atoms with Crippen molar-refractivity contribution in [2.24, 2.45) is 0 Å². The molecule has 1 fully saturated rings. The molecule has 0 unspecified atom stereocenters. The second-order valence-corrected chi connectivity index (χ2v) is 4.85. The van der Waals surface area contributed by atoms with Crippen LogP contribution in [-0.2, 0) is 0 Å². The Hall–Kier alpha value is -1.72. The Kier molecular flexibility index (Phi) is 4.65. The molecule has 5 nitrogen and oxygen atoms in total. The number of nitro benzene ring substituents is 1. The summed E-state index contributed by atoms with van der Waals surface area (Å²) in [5.74, 6) is 0. The SMILES string of the molecule is CN1CCN(C/C=C/c2ccc([N+](=O)[O-])cc2)CC1. The van der Waals surface area contributed by atoms with Crippen molar-refractivity contribution in [3.05, 3.63) is 46.0 Å². The summed E-state index contributed by atoms with van der Waals surface area (Å²) in [7, 11) is 2.14. The minimum absolute atomic E-state index is 0.135. The van der Waals surface area contributed by atoms with Crippen LogP contribution in [0.2, 0.25) is 0 Å². The highest BCUT2D eigenvalue weighted by molar-refractivity contribution is 5.51. The van der Waals surface area contributed by atoms with Gasteiger partial charge < -0.3 is 4.90 Å². The van der Waals surface area contributed by atoms with Crippen LogP contribution in [0.3, 0.4) is 0 Å². The van der Waals surface area contributed by atoms with Crippen molar-refractivity contribution in [3.8, 4) is 0 Å². The van der Waals surface area contributed by atoms with E-state index in [4.69, 9.17) is 0 Å².